The van der Waals surface area contributed by atoms with Gasteiger partial charge in [0.2, 0.25) is 0 Å². The maximum absolute atomic E-state index is 10.0. The van der Waals surface area contributed by atoms with E-state index in [-0.39, 0.29) is 0 Å². The van der Waals surface area contributed by atoms with Gasteiger partial charge in [0.15, 0.2) is 0 Å². The van der Waals surface area contributed by atoms with Crippen molar-refractivity contribution in [2.45, 2.75) is 13.0 Å². The zero-order chi connectivity index (χ0) is 13.0. The number of hydrogen-bond donors (Lipinski definition) is 1. The van der Waals surface area contributed by atoms with Crippen LogP contribution in [0.2, 0.25) is 0 Å². The minimum atomic E-state index is -0.571. The van der Waals surface area contributed by atoms with Gasteiger partial charge < -0.3 is 5.11 Å². The number of hydrogen-bond acceptors (Lipinski definition) is 3. The van der Waals surface area contributed by atoms with Gasteiger partial charge in [0.05, 0.1) is 12.6 Å². The summed E-state index contributed by atoms with van der Waals surface area (Å²) in [5.41, 5.74) is 0.872. The van der Waals surface area contributed by atoms with Crippen molar-refractivity contribution in [1.29, 1.82) is 0 Å². The molecular weight excluding hydrogens is 310 g/mol. The number of rotatable bonds is 4. The van der Waals surface area contributed by atoms with Crippen molar-refractivity contribution < 1.29 is 5.11 Å². The van der Waals surface area contributed by atoms with Crippen LogP contribution in [0.3, 0.4) is 0 Å². The number of aliphatic hydroxyl groups excluding tert-OH is 1. The third kappa shape index (κ3) is 3.51. The summed E-state index contributed by atoms with van der Waals surface area (Å²) < 4.78 is 0.916. The average molecular weight is 324 g/mol. The van der Waals surface area contributed by atoms with Gasteiger partial charge in [0, 0.05) is 20.4 Å². The van der Waals surface area contributed by atoms with Crippen LogP contribution >= 0.6 is 27.3 Å². The van der Waals surface area contributed by atoms with Gasteiger partial charge in [-0.15, -0.1) is 11.3 Å². The second-order valence-corrected chi connectivity index (χ2v) is 6.15. The van der Waals surface area contributed by atoms with Gasteiger partial charge in [-0.3, -0.25) is 4.99 Å². The highest BCUT2D eigenvalue weighted by atomic mass is 79.9. The van der Waals surface area contributed by atoms with Crippen molar-refractivity contribution in [1.82, 2.24) is 0 Å². The van der Waals surface area contributed by atoms with E-state index in [1.165, 1.54) is 4.88 Å². The first-order valence-corrected chi connectivity index (χ1v) is 7.26. The summed E-state index contributed by atoms with van der Waals surface area (Å²) >= 11 is 5.13. The fourth-order valence-electron chi connectivity index (χ4n) is 1.61. The number of aliphatic hydroxyl groups is 1. The standard InChI is InChI=1S/C14H14BrNOS/c1-10-6-7-11(18-10)8-16-9-14(17)12-4-2-3-5-13(12)15/h2-8,14,17H,9H2,1H3. The number of nitrogens with zero attached hydrogens (tertiary/aromatic N) is 1. The van der Waals surface area contributed by atoms with Crippen LogP contribution in [0, 0.1) is 6.92 Å². The van der Waals surface area contributed by atoms with Crippen LogP contribution in [0.5, 0.6) is 0 Å². The molecule has 0 amide bonds. The SMILES string of the molecule is Cc1ccc(C=NCC(O)c2ccccc2Br)s1. The van der Waals surface area contributed by atoms with E-state index in [1.54, 1.807) is 11.3 Å². The van der Waals surface area contributed by atoms with Crippen LogP contribution in [-0.4, -0.2) is 17.9 Å². The molecule has 0 saturated heterocycles. The zero-order valence-electron chi connectivity index (χ0n) is 10.0. The Morgan fingerprint density at radius 3 is 2.78 bits per heavy atom. The van der Waals surface area contributed by atoms with Gasteiger partial charge in [-0.05, 0) is 30.7 Å². The van der Waals surface area contributed by atoms with Crippen molar-refractivity contribution in [3.63, 3.8) is 0 Å². The van der Waals surface area contributed by atoms with E-state index in [0.29, 0.717) is 6.54 Å². The molecule has 2 aromatic rings. The summed E-state index contributed by atoms with van der Waals surface area (Å²) in [7, 11) is 0. The molecule has 1 aromatic carbocycles. The van der Waals surface area contributed by atoms with Crippen LogP contribution in [0.1, 0.15) is 21.4 Å². The summed E-state index contributed by atoms with van der Waals surface area (Å²) in [5, 5.41) is 10.0. The van der Waals surface area contributed by atoms with E-state index in [4.69, 9.17) is 0 Å². The molecule has 18 heavy (non-hydrogen) atoms. The topological polar surface area (TPSA) is 32.6 Å². The Morgan fingerprint density at radius 2 is 2.11 bits per heavy atom. The van der Waals surface area contributed by atoms with Crippen LogP contribution in [0.15, 0.2) is 45.9 Å². The second kappa shape index (κ2) is 6.27. The molecule has 2 rings (SSSR count). The van der Waals surface area contributed by atoms with Gasteiger partial charge in [-0.1, -0.05) is 34.1 Å². The Bertz CT molecular complexity index is 550. The molecule has 1 atom stereocenters. The van der Waals surface area contributed by atoms with Crippen molar-refractivity contribution in [2.75, 3.05) is 6.54 Å². The number of thiophene rings is 1. The summed E-state index contributed by atoms with van der Waals surface area (Å²) in [5.74, 6) is 0. The Balaban J connectivity index is 1.98. The lowest BCUT2D eigenvalue weighted by Gasteiger charge is -2.09. The summed E-state index contributed by atoms with van der Waals surface area (Å²) in [6, 6.07) is 11.8. The molecule has 1 unspecified atom stereocenters. The first kappa shape index (κ1) is 13.5. The first-order valence-electron chi connectivity index (χ1n) is 5.65. The Hall–Kier alpha value is -0.970. The first-order chi connectivity index (χ1) is 8.66. The molecule has 0 bridgehead atoms. The molecule has 94 valence electrons. The van der Waals surface area contributed by atoms with Crippen molar-refractivity contribution in [3.8, 4) is 0 Å². The summed E-state index contributed by atoms with van der Waals surface area (Å²) in [6.07, 6.45) is 1.25. The molecular formula is C14H14BrNOS. The van der Waals surface area contributed by atoms with Crippen molar-refractivity contribution in [2.24, 2.45) is 4.99 Å². The molecule has 0 saturated carbocycles. The minimum absolute atomic E-state index is 0.375. The molecule has 1 N–H and O–H groups in total. The predicted molar refractivity (Wildman–Crippen MR) is 80.6 cm³/mol. The maximum Gasteiger partial charge on any atom is 0.0995 e. The maximum atomic E-state index is 10.0. The highest BCUT2D eigenvalue weighted by Crippen LogP contribution is 2.23. The Labute approximate surface area is 119 Å². The van der Waals surface area contributed by atoms with E-state index in [9.17, 15) is 5.11 Å². The third-order valence-corrected chi connectivity index (χ3v) is 4.18. The van der Waals surface area contributed by atoms with Crippen molar-refractivity contribution >= 4 is 33.5 Å². The molecule has 0 aliphatic rings. The number of aryl methyl sites for hydroxylation is 1. The van der Waals surface area contributed by atoms with E-state index < -0.39 is 6.10 Å². The predicted octanol–water partition coefficient (Wildman–Crippen LogP) is 3.97. The van der Waals surface area contributed by atoms with Crippen LogP contribution in [0.4, 0.5) is 0 Å². The largest absolute Gasteiger partial charge is 0.386 e. The lowest BCUT2D eigenvalue weighted by molar-refractivity contribution is 0.186. The van der Waals surface area contributed by atoms with Gasteiger partial charge >= 0.3 is 0 Å². The van der Waals surface area contributed by atoms with Crippen LogP contribution in [-0.2, 0) is 0 Å². The van der Waals surface area contributed by atoms with Gasteiger partial charge in [-0.2, -0.15) is 0 Å². The molecule has 0 aliphatic carbocycles. The van der Waals surface area contributed by atoms with E-state index in [0.717, 1.165) is 14.9 Å². The van der Waals surface area contributed by atoms with Gasteiger partial charge in [0.25, 0.3) is 0 Å². The van der Waals surface area contributed by atoms with Crippen LogP contribution in [0.25, 0.3) is 0 Å². The number of aliphatic imine (C=N–C) groups is 1. The Kier molecular flexibility index (Phi) is 4.69. The normalized spacial score (nSPS) is 13.1. The molecule has 1 aromatic heterocycles. The lowest BCUT2D eigenvalue weighted by atomic mass is 10.1. The van der Waals surface area contributed by atoms with Crippen LogP contribution < -0.4 is 0 Å². The van der Waals surface area contributed by atoms with E-state index >= 15 is 0 Å². The van der Waals surface area contributed by atoms with Gasteiger partial charge in [0.1, 0.15) is 0 Å². The number of halogens is 1. The summed E-state index contributed by atoms with van der Waals surface area (Å²) in [4.78, 5) is 6.67. The molecule has 0 aliphatic heterocycles. The fourth-order valence-corrected chi connectivity index (χ4v) is 2.93. The quantitative estimate of drug-likeness (QED) is 0.848. The molecule has 0 spiro atoms. The smallest absolute Gasteiger partial charge is 0.0995 e. The minimum Gasteiger partial charge on any atom is -0.386 e. The highest BCUT2D eigenvalue weighted by Gasteiger charge is 2.09. The molecule has 2 nitrogen and oxygen atoms in total. The van der Waals surface area contributed by atoms with Gasteiger partial charge in [-0.25, -0.2) is 0 Å². The molecule has 0 radical (unpaired) electrons. The second-order valence-electron chi connectivity index (χ2n) is 3.98. The fraction of sp³-hybridized carbons (Fsp3) is 0.214. The van der Waals surface area contributed by atoms with Crippen molar-refractivity contribution in [3.05, 3.63) is 56.2 Å². The molecule has 1 heterocycles. The zero-order valence-corrected chi connectivity index (χ0v) is 12.4. The lowest BCUT2D eigenvalue weighted by Crippen LogP contribution is -2.02. The third-order valence-electron chi connectivity index (χ3n) is 2.52. The van der Waals surface area contributed by atoms with E-state index in [1.807, 2.05) is 36.5 Å². The van der Waals surface area contributed by atoms with E-state index in [2.05, 4.69) is 33.9 Å². The number of benzene rings is 1. The monoisotopic (exact) mass is 323 g/mol. The average Bonchev–Trinajstić information content (AvgIpc) is 2.75. The highest BCUT2D eigenvalue weighted by molar-refractivity contribution is 9.10. The Morgan fingerprint density at radius 1 is 1.33 bits per heavy atom. The summed E-state index contributed by atoms with van der Waals surface area (Å²) in [6.45, 7) is 2.44. The molecule has 0 fully saturated rings. The molecule has 4 heteroatoms.